The van der Waals surface area contributed by atoms with Crippen LogP contribution in [0.4, 0.5) is 0 Å². The average molecular weight is 174 g/mol. The van der Waals surface area contributed by atoms with Crippen LogP contribution in [0.15, 0.2) is 0 Å². The fourth-order valence-corrected chi connectivity index (χ4v) is 0.847. The molecule has 0 aliphatic carbocycles. The Morgan fingerprint density at radius 3 is 2.50 bits per heavy atom. The minimum Gasteiger partial charge on any atom is -0.396 e. The molecule has 0 aromatic carbocycles. The molecule has 12 heavy (non-hydrogen) atoms. The zero-order valence-corrected chi connectivity index (χ0v) is 7.71. The highest BCUT2D eigenvalue weighted by molar-refractivity contribution is 5.75. The summed E-state index contributed by atoms with van der Waals surface area (Å²) in [6.07, 6.45) is 3.20. The van der Waals surface area contributed by atoms with Crippen LogP contribution in [0.5, 0.6) is 0 Å². The standard InChI is InChI=1S/C9H18O3/c1-9(11)5-2-3-7-12-8-4-6-10/h10H,2-8H2,1H3. The molecule has 3 nitrogen and oxygen atoms in total. The number of ketones is 1. The number of aliphatic hydroxyl groups excluding tert-OH is 1. The summed E-state index contributed by atoms with van der Waals surface area (Å²) >= 11 is 0. The van der Waals surface area contributed by atoms with Crippen molar-refractivity contribution in [1.29, 1.82) is 0 Å². The number of carbonyl (C=O) groups is 1. The van der Waals surface area contributed by atoms with Crippen molar-refractivity contribution in [2.45, 2.75) is 32.6 Å². The summed E-state index contributed by atoms with van der Waals surface area (Å²) in [5.41, 5.74) is 0. The van der Waals surface area contributed by atoms with Crippen molar-refractivity contribution < 1.29 is 14.6 Å². The largest absolute Gasteiger partial charge is 0.396 e. The van der Waals surface area contributed by atoms with Crippen LogP contribution in [-0.4, -0.2) is 30.7 Å². The molecular weight excluding hydrogens is 156 g/mol. The third kappa shape index (κ3) is 9.59. The molecule has 0 amide bonds. The molecule has 3 heteroatoms. The van der Waals surface area contributed by atoms with Crippen LogP contribution in [0.25, 0.3) is 0 Å². The summed E-state index contributed by atoms with van der Waals surface area (Å²) in [6, 6.07) is 0. The molecule has 0 bridgehead atoms. The van der Waals surface area contributed by atoms with Crippen molar-refractivity contribution in [2.75, 3.05) is 19.8 Å². The number of Topliss-reactive ketones (excluding diaryl/α,β-unsaturated/α-hetero) is 1. The summed E-state index contributed by atoms with van der Waals surface area (Å²) in [6.45, 7) is 3.11. The summed E-state index contributed by atoms with van der Waals surface area (Å²) < 4.78 is 5.18. The van der Waals surface area contributed by atoms with Gasteiger partial charge in [0.15, 0.2) is 0 Å². The first-order valence-electron chi connectivity index (χ1n) is 4.45. The predicted octanol–water partition coefficient (Wildman–Crippen LogP) is 1.14. The normalized spacial score (nSPS) is 10.2. The molecule has 72 valence electrons. The first kappa shape index (κ1) is 11.6. The van der Waals surface area contributed by atoms with E-state index in [4.69, 9.17) is 9.84 Å². The van der Waals surface area contributed by atoms with E-state index in [0.717, 1.165) is 12.8 Å². The van der Waals surface area contributed by atoms with Crippen LogP contribution in [0.1, 0.15) is 32.6 Å². The smallest absolute Gasteiger partial charge is 0.129 e. The van der Waals surface area contributed by atoms with Crippen LogP contribution in [0.2, 0.25) is 0 Å². The van der Waals surface area contributed by atoms with Crippen molar-refractivity contribution in [3.8, 4) is 0 Å². The van der Waals surface area contributed by atoms with E-state index in [0.29, 0.717) is 26.1 Å². The molecule has 0 heterocycles. The maximum Gasteiger partial charge on any atom is 0.129 e. The molecule has 0 spiro atoms. The third-order valence-electron chi connectivity index (χ3n) is 1.51. The Morgan fingerprint density at radius 2 is 1.92 bits per heavy atom. The zero-order chi connectivity index (χ0) is 9.23. The van der Waals surface area contributed by atoms with Gasteiger partial charge >= 0.3 is 0 Å². The lowest BCUT2D eigenvalue weighted by Gasteiger charge is -2.01. The van der Waals surface area contributed by atoms with Crippen LogP contribution < -0.4 is 0 Å². The first-order chi connectivity index (χ1) is 5.77. The van der Waals surface area contributed by atoms with Crippen LogP contribution in [-0.2, 0) is 9.53 Å². The monoisotopic (exact) mass is 174 g/mol. The van der Waals surface area contributed by atoms with Gasteiger partial charge in [0.2, 0.25) is 0 Å². The van der Waals surface area contributed by atoms with Crippen molar-refractivity contribution in [2.24, 2.45) is 0 Å². The maximum absolute atomic E-state index is 10.5. The second-order valence-corrected chi connectivity index (χ2v) is 2.85. The van der Waals surface area contributed by atoms with Crippen molar-refractivity contribution >= 4 is 5.78 Å². The number of ether oxygens (including phenoxy) is 1. The average Bonchev–Trinajstić information content (AvgIpc) is 2.02. The minimum absolute atomic E-state index is 0.188. The van der Waals surface area contributed by atoms with E-state index in [1.165, 1.54) is 0 Å². The van der Waals surface area contributed by atoms with Crippen molar-refractivity contribution in [3.05, 3.63) is 0 Å². The SMILES string of the molecule is CC(=O)CCCCOCCCO. The van der Waals surface area contributed by atoms with Gasteiger partial charge in [-0.1, -0.05) is 0 Å². The van der Waals surface area contributed by atoms with E-state index in [9.17, 15) is 4.79 Å². The van der Waals surface area contributed by atoms with Gasteiger partial charge in [0, 0.05) is 26.2 Å². The van der Waals surface area contributed by atoms with Gasteiger partial charge in [-0.05, 0) is 26.2 Å². The van der Waals surface area contributed by atoms with Gasteiger partial charge in [0.05, 0.1) is 0 Å². The van der Waals surface area contributed by atoms with Crippen molar-refractivity contribution in [3.63, 3.8) is 0 Å². The summed E-state index contributed by atoms with van der Waals surface area (Å²) in [4.78, 5) is 10.5. The van der Waals surface area contributed by atoms with Gasteiger partial charge in [-0.3, -0.25) is 0 Å². The number of carbonyl (C=O) groups excluding carboxylic acids is 1. The molecular formula is C9H18O3. The van der Waals surface area contributed by atoms with E-state index in [-0.39, 0.29) is 12.4 Å². The molecule has 0 aromatic rings. The molecule has 0 rings (SSSR count). The molecule has 0 aromatic heterocycles. The second-order valence-electron chi connectivity index (χ2n) is 2.85. The van der Waals surface area contributed by atoms with Gasteiger partial charge in [0.25, 0.3) is 0 Å². The summed E-state index contributed by atoms with van der Waals surface area (Å²) in [5.74, 6) is 0.241. The van der Waals surface area contributed by atoms with E-state index in [2.05, 4.69) is 0 Å². The molecule has 0 saturated heterocycles. The van der Waals surface area contributed by atoms with Crippen LogP contribution in [0, 0.1) is 0 Å². The molecule has 0 atom stereocenters. The van der Waals surface area contributed by atoms with Gasteiger partial charge < -0.3 is 14.6 Å². The van der Waals surface area contributed by atoms with E-state index < -0.39 is 0 Å². The number of rotatable bonds is 8. The summed E-state index contributed by atoms with van der Waals surface area (Å²) in [7, 11) is 0. The fourth-order valence-electron chi connectivity index (χ4n) is 0.847. The topological polar surface area (TPSA) is 46.5 Å². The lowest BCUT2D eigenvalue weighted by atomic mass is 10.2. The highest BCUT2D eigenvalue weighted by atomic mass is 16.5. The number of hydrogen-bond acceptors (Lipinski definition) is 3. The first-order valence-corrected chi connectivity index (χ1v) is 4.45. The zero-order valence-electron chi connectivity index (χ0n) is 7.71. The Bertz CT molecular complexity index is 112. The molecule has 1 N–H and O–H groups in total. The van der Waals surface area contributed by atoms with Gasteiger partial charge in [0.1, 0.15) is 5.78 Å². The Kier molecular flexibility index (Phi) is 8.39. The molecule has 0 aliphatic heterocycles. The van der Waals surface area contributed by atoms with Gasteiger partial charge in [-0.25, -0.2) is 0 Å². The number of unbranched alkanes of at least 4 members (excludes halogenated alkanes) is 1. The molecule has 0 unspecified atom stereocenters. The lowest BCUT2D eigenvalue weighted by Crippen LogP contribution is -2.00. The minimum atomic E-state index is 0.188. The highest BCUT2D eigenvalue weighted by Crippen LogP contribution is 1.96. The quantitative estimate of drug-likeness (QED) is 0.561. The molecule has 0 aliphatic rings. The van der Waals surface area contributed by atoms with Crippen LogP contribution in [0.3, 0.4) is 0 Å². The lowest BCUT2D eigenvalue weighted by molar-refractivity contribution is -0.117. The van der Waals surface area contributed by atoms with Gasteiger partial charge in [-0.2, -0.15) is 0 Å². The van der Waals surface area contributed by atoms with Crippen molar-refractivity contribution in [1.82, 2.24) is 0 Å². The predicted molar refractivity (Wildman–Crippen MR) is 47.1 cm³/mol. The highest BCUT2D eigenvalue weighted by Gasteiger charge is 1.93. The van der Waals surface area contributed by atoms with E-state index >= 15 is 0 Å². The molecule has 0 saturated carbocycles. The van der Waals surface area contributed by atoms with Crippen LogP contribution >= 0.6 is 0 Å². The van der Waals surface area contributed by atoms with Gasteiger partial charge in [-0.15, -0.1) is 0 Å². The molecule has 0 fully saturated rings. The Hall–Kier alpha value is -0.410. The van der Waals surface area contributed by atoms with E-state index in [1.54, 1.807) is 6.92 Å². The fraction of sp³-hybridized carbons (Fsp3) is 0.889. The third-order valence-corrected chi connectivity index (χ3v) is 1.51. The number of aliphatic hydroxyl groups is 1. The second kappa shape index (κ2) is 8.68. The Labute approximate surface area is 73.7 Å². The maximum atomic E-state index is 10.5. The number of hydrogen-bond donors (Lipinski definition) is 1. The Balaban J connectivity index is 2.86. The van der Waals surface area contributed by atoms with E-state index in [1.807, 2.05) is 0 Å². The summed E-state index contributed by atoms with van der Waals surface area (Å²) in [5, 5.41) is 8.42. The Morgan fingerprint density at radius 1 is 1.25 bits per heavy atom. The molecule has 0 radical (unpaired) electrons.